The molecule has 0 radical (unpaired) electrons. The second-order valence-corrected chi connectivity index (χ2v) is 8.54. The van der Waals surface area contributed by atoms with E-state index < -0.39 is 0 Å². The van der Waals surface area contributed by atoms with Crippen LogP contribution in [0, 0.1) is 6.92 Å². The van der Waals surface area contributed by atoms with E-state index in [0.717, 1.165) is 17.6 Å². The van der Waals surface area contributed by atoms with E-state index in [1.54, 1.807) is 0 Å². The van der Waals surface area contributed by atoms with Crippen LogP contribution in [0.5, 0.6) is 0 Å². The fourth-order valence-electron chi connectivity index (χ4n) is 5.23. The van der Waals surface area contributed by atoms with Crippen LogP contribution >= 0.6 is 0 Å². The number of hydrogen-bond acceptors (Lipinski definition) is 1. The first-order valence-electron chi connectivity index (χ1n) is 10.9. The molecule has 6 aromatic rings. The smallest absolute Gasteiger partial charge is 0.136 e. The summed E-state index contributed by atoms with van der Waals surface area (Å²) in [7, 11) is 0. The van der Waals surface area contributed by atoms with Gasteiger partial charge in [0.2, 0.25) is 0 Å². The molecule has 0 aliphatic heterocycles. The van der Waals surface area contributed by atoms with Crippen LogP contribution in [-0.4, -0.2) is 0 Å². The van der Waals surface area contributed by atoms with Crippen molar-refractivity contribution in [3.8, 4) is 0 Å². The number of aryl methyl sites for hydroxylation is 1. The molecule has 0 aliphatic carbocycles. The van der Waals surface area contributed by atoms with E-state index >= 15 is 0 Å². The summed E-state index contributed by atoms with van der Waals surface area (Å²) in [5.41, 5.74) is 4.70. The monoisotopic (exact) mass is 388 g/mol. The maximum atomic E-state index is 6.23. The molecule has 6 rings (SSSR count). The predicted octanol–water partition coefficient (Wildman–Crippen LogP) is 8.87. The summed E-state index contributed by atoms with van der Waals surface area (Å²) in [6, 6.07) is 26.4. The number of para-hydroxylation sites is 1. The molecule has 1 aromatic heterocycles. The fraction of sp³-hybridized carbons (Fsp3) is 0.172. The van der Waals surface area contributed by atoms with Gasteiger partial charge in [-0.05, 0) is 75.5 Å². The second-order valence-electron chi connectivity index (χ2n) is 8.54. The van der Waals surface area contributed by atoms with Crippen molar-refractivity contribution in [3.05, 3.63) is 83.9 Å². The number of benzene rings is 5. The minimum absolute atomic E-state index is 0.521. The normalized spacial score (nSPS) is 13.2. The van der Waals surface area contributed by atoms with Gasteiger partial charge in [0, 0.05) is 16.2 Å². The van der Waals surface area contributed by atoms with Crippen LogP contribution in [0.1, 0.15) is 37.3 Å². The SMILES string of the molecule is CCC(C)c1cccc2c3ccc4oc5ccccc5c4c3c3cccc(C)c3c12. The van der Waals surface area contributed by atoms with E-state index in [1.165, 1.54) is 54.2 Å². The van der Waals surface area contributed by atoms with Gasteiger partial charge in [-0.15, -0.1) is 0 Å². The minimum Gasteiger partial charge on any atom is -0.456 e. The molecule has 1 nitrogen and oxygen atoms in total. The minimum atomic E-state index is 0.521. The number of fused-ring (bicyclic) bond motifs is 10. The van der Waals surface area contributed by atoms with Gasteiger partial charge in [-0.3, -0.25) is 0 Å². The van der Waals surface area contributed by atoms with Crippen LogP contribution in [0.25, 0.3) is 54.3 Å². The summed E-state index contributed by atoms with van der Waals surface area (Å²) < 4.78 is 6.23. The molecule has 1 atom stereocenters. The van der Waals surface area contributed by atoms with Gasteiger partial charge in [-0.1, -0.05) is 68.4 Å². The number of furan rings is 1. The van der Waals surface area contributed by atoms with Crippen molar-refractivity contribution in [2.75, 3.05) is 0 Å². The highest BCUT2D eigenvalue weighted by Gasteiger charge is 2.19. The van der Waals surface area contributed by atoms with Crippen LogP contribution < -0.4 is 0 Å². The molecule has 0 N–H and O–H groups in total. The van der Waals surface area contributed by atoms with Crippen molar-refractivity contribution in [1.29, 1.82) is 0 Å². The molecule has 0 spiro atoms. The summed E-state index contributed by atoms with van der Waals surface area (Å²) in [5, 5.41) is 10.5. The lowest BCUT2D eigenvalue weighted by Crippen LogP contribution is -1.96. The molecule has 1 heteroatoms. The average molecular weight is 389 g/mol. The van der Waals surface area contributed by atoms with Gasteiger partial charge in [0.25, 0.3) is 0 Å². The van der Waals surface area contributed by atoms with Crippen LogP contribution in [0.2, 0.25) is 0 Å². The van der Waals surface area contributed by atoms with Gasteiger partial charge < -0.3 is 4.42 Å². The summed E-state index contributed by atoms with van der Waals surface area (Å²) in [6.45, 7) is 6.87. The Kier molecular flexibility index (Phi) is 3.70. The number of hydrogen-bond donors (Lipinski definition) is 0. The summed E-state index contributed by atoms with van der Waals surface area (Å²) in [6.07, 6.45) is 1.13. The predicted molar refractivity (Wildman–Crippen MR) is 130 cm³/mol. The molecule has 146 valence electrons. The molecule has 1 heterocycles. The second kappa shape index (κ2) is 6.34. The molecule has 0 saturated heterocycles. The van der Waals surface area contributed by atoms with E-state index in [0.29, 0.717) is 5.92 Å². The van der Waals surface area contributed by atoms with Gasteiger partial charge in [0.15, 0.2) is 0 Å². The van der Waals surface area contributed by atoms with E-state index in [-0.39, 0.29) is 0 Å². The first-order valence-corrected chi connectivity index (χ1v) is 10.9. The Bertz CT molecular complexity index is 1600. The van der Waals surface area contributed by atoms with E-state index in [9.17, 15) is 0 Å². The Morgan fingerprint density at radius 3 is 2.23 bits per heavy atom. The quantitative estimate of drug-likeness (QED) is 0.270. The third-order valence-electron chi connectivity index (χ3n) is 6.87. The van der Waals surface area contributed by atoms with Gasteiger partial charge in [-0.2, -0.15) is 0 Å². The van der Waals surface area contributed by atoms with Gasteiger partial charge in [0.1, 0.15) is 11.2 Å². The van der Waals surface area contributed by atoms with Crippen molar-refractivity contribution in [1.82, 2.24) is 0 Å². The van der Waals surface area contributed by atoms with Crippen molar-refractivity contribution in [2.45, 2.75) is 33.1 Å². The molecule has 0 bridgehead atoms. The van der Waals surface area contributed by atoms with Crippen LogP contribution in [0.3, 0.4) is 0 Å². The van der Waals surface area contributed by atoms with Crippen LogP contribution in [0.4, 0.5) is 0 Å². The highest BCUT2D eigenvalue weighted by atomic mass is 16.3. The van der Waals surface area contributed by atoms with Crippen molar-refractivity contribution < 1.29 is 4.42 Å². The molecule has 1 unspecified atom stereocenters. The largest absolute Gasteiger partial charge is 0.456 e. The molecule has 0 amide bonds. The Hall–Kier alpha value is -3.32. The Morgan fingerprint density at radius 1 is 0.633 bits per heavy atom. The average Bonchev–Trinajstić information content (AvgIpc) is 3.16. The summed E-state index contributed by atoms with van der Waals surface area (Å²) in [4.78, 5) is 0. The van der Waals surface area contributed by atoms with Gasteiger partial charge in [-0.25, -0.2) is 0 Å². The maximum absolute atomic E-state index is 6.23. The summed E-state index contributed by atoms with van der Waals surface area (Å²) in [5.74, 6) is 0.521. The van der Waals surface area contributed by atoms with Crippen molar-refractivity contribution in [3.63, 3.8) is 0 Å². The first-order chi connectivity index (χ1) is 14.7. The van der Waals surface area contributed by atoms with E-state index in [1.807, 2.05) is 6.07 Å². The Morgan fingerprint density at radius 2 is 1.37 bits per heavy atom. The van der Waals surface area contributed by atoms with E-state index in [2.05, 4.69) is 87.5 Å². The lowest BCUT2D eigenvalue weighted by atomic mass is 9.85. The Labute approximate surface area is 175 Å². The first kappa shape index (κ1) is 17.5. The molecule has 0 saturated carbocycles. The summed E-state index contributed by atoms with van der Waals surface area (Å²) >= 11 is 0. The third kappa shape index (κ3) is 2.24. The van der Waals surface area contributed by atoms with Crippen molar-refractivity contribution >= 4 is 54.3 Å². The highest BCUT2D eigenvalue weighted by molar-refractivity contribution is 6.35. The molecule has 0 fully saturated rings. The molecule has 30 heavy (non-hydrogen) atoms. The molecular formula is C29H24O. The standard InChI is InChI=1S/C29H24O/c1-4-17(2)19-11-8-12-20-21-15-16-25-29(22-10-5-6-14-24(22)30-25)28(21)23-13-7-9-18(3)26(23)27(19)20/h5-17H,4H2,1-3H3. The third-order valence-corrected chi connectivity index (χ3v) is 6.87. The van der Waals surface area contributed by atoms with Crippen LogP contribution in [-0.2, 0) is 0 Å². The zero-order valence-corrected chi connectivity index (χ0v) is 17.6. The lowest BCUT2D eigenvalue weighted by molar-refractivity contribution is 0.669. The zero-order valence-electron chi connectivity index (χ0n) is 17.6. The lowest BCUT2D eigenvalue weighted by Gasteiger charge is -2.19. The number of rotatable bonds is 2. The molecule has 0 aliphatic rings. The zero-order chi connectivity index (χ0) is 20.4. The Balaban J connectivity index is 1.99. The molecule has 5 aromatic carbocycles. The highest BCUT2D eigenvalue weighted by Crippen LogP contribution is 2.45. The van der Waals surface area contributed by atoms with Gasteiger partial charge in [0.05, 0.1) is 0 Å². The van der Waals surface area contributed by atoms with Crippen molar-refractivity contribution in [2.24, 2.45) is 0 Å². The van der Waals surface area contributed by atoms with Crippen LogP contribution in [0.15, 0.2) is 77.2 Å². The topological polar surface area (TPSA) is 13.1 Å². The van der Waals surface area contributed by atoms with E-state index in [4.69, 9.17) is 4.42 Å². The molecular weight excluding hydrogens is 364 g/mol. The van der Waals surface area contributed by atoms with Gasteiger partial charge >= 0.3 is 0 Å². The fourth-order valence-corrected chi connectivity index (χ4v) is 5.23. The maximum Gasteiger partial charge on any atom is 0.136 e.